The van der Waals surface area contributed by atoms with Crippen LogP contribution in [0.4, 0.5) is 5.82 Å². The molecule has 0 N–H and O–H groups in total. The number of thiophene rings is 1. The van der Waals surface area contributed by atoms with Gasteiger partial charge in [0.2, 0.25) is 0 Å². The van der Waals surface area contributed by atoms with Crippen LogP contribution in [0.2, 0.25) is 0 Å². The van der Waals surface area contributed by atoms with E-state index in [2.05, 4.69) is 32.4 Å². The third-order valence-corrected chi connectivity index (χ3v) is 5.61. The third-order valence-electron chi connectivity index (χ3n) is 4.79. The number of fused-ring (bicyclic) bond motifs is 1. The standard InChI is InChI=1S/C20H21N3O3S/c1-24-14-10-16(25-2)18(17(11-14)26-3)13-4-7-23(8-5-13)19-15-6-9-27-20(15)22-12-21-19/h4,6,9-12H,5,7-8H2,1-3H3. The summed E-state index contributed by atoms with van der Waals surface area (Å²) in [6.07, 6.45) is 4.73. The summed E-state index contributed by atoms with van der Waals surface area (Å²) in [5.74, 6) is 3.22. The Morgan fingerprint density at radius 3 is 2.44 bits per heavy atom. The summed E-state index contributed by atoms with van der Waals surface area (Å²) in [6, 6.07) is 5.87. The highest BCUT2D eigenvalue weighted by Gasteiger charge is 2.22. The van der Waals surface area contributed by atoms with Crippen LogP contribution in [-0.4, -0.2) is 44.4 Å². The Kier molecular flexibility index (Phi) is 4.85. The summed E-state index contributed by atoms with van der Waals surface area (Å²) in [5.41, 5.74) is 2.20. The van der Waals surface area contributed by atoms with E-state index in [1.165, 1.54) is 5.57 Å². The number of ether oxygens (including phenoxy) is 3. The molecule has 4 rings (SSSR count). The first kappa shape index (κ1) is 17.6. The quantitative estimate of drug-likeness (QED) is 0.663. The molecule has 3 aromatic rings. The molecule has 0 radical (unpaired) electrons. The molecule has 0 saturated carbocycles. The number of methoxy groups -OCH3 is 3. The van der Waals surface area contributed by atoms with Crippen molar-refractivity contribution in [3.05, 3.63) is 41.5 Å². The fourth-order valence-electron chi connectivity index (χ4n) is 3.44. The van der Waals surface area contributed by atoms with Crippen molar-refractivity contribution in [2.75, 3.05) is 39.3 Å². The van der Waals surface area contributed by atoms with E-state index in [4.69, 9.17) is 14.2 Å². The van der Waals surface area contributed by atoms with Crippen LogP contribution < -0.4 is 19.1 Å². The summed E-state index contributed by atoms with van der Waals surface area (Å²) in [6.45, 7) is 1.64. The summed E-state index contributed by atoms with van der Waals surface area (Å²) in [7, 11) is 4.97. The molecule has 0 atom stereocenters. The Bertz CT molecular complexity index is 974. The van der Waals surface area contributed by atoms with Crippen LogP contribution >= 0.6 is 11.3 Å². The second-order valence-electron chi connectivity index (χ2n) is 6.17. The molecule has 6 nitrogen and oxygen atoms in total. The number of nitrogens with zero attached hydrogens (tertiary/aromatic N) is 3. The summed E-state index contributed by atoms with van der Waals surface area (Å²) in [4.78, 5) is 12.2. The van der Waals surface area contributed by atoms with Crippen LogP contribution in [0.1, 0.15) is 12.0 Å². The van der Waals surface area contributed by atoms with Gasteiger partial charge in [0.05, 0.1) is 32.3 Å². The lowest BCUT2D eigenvalue weighted by Gasteiger charge is -2.29. The van der Waals surface area contributed by atoms with E-state index in [0.717, 1.165) is 52.6 Å². The number of aromatic nitrogens is 2. The van der Waals surface area contributed by atoms with Gasteiger partial charge in [-0.25, -0.2) is 9.97 Å². The predicted molar refractivity (Wildman–Crippen MR) is 108 cm³/mol. The predicted octanol–water partition coefficient (Wildman–Crippen LogP) is 4.01. The number of hydrogen-bond donors (Lipinski definition) is 0. The second-order valence-corrected chi connectivity index (χ2v) is 7.06. The monoisotopic (exact) mass is 383 g/mol. The van der Waals surface area contributed by atoms with Crippen molar-refractivity contribution in [1.82, 2.24) is 9.97 Å². The average molecular weight is 383 g/mol. The molecule has 0 amide bonds. The molecule has 0 aliphatic carbocycles. The Hall–Kier alpha value is -2.80. The van der Waals surface area contributed by atoms with Gasteiger partial charge in [0.15, 0.2) is 0 Å². The molecule has 1 aliphatic heterocycles. The van der Waals surface area contributed by atoms with Gasteiger partial charge in [-0.2, -0.15) is 0 Å². The zero-order chi connectivity index (χ0) is 18.8. The van der Waals surface area contributed by atoms with Crippen LogP contribution in [0.15, 0.2) is 36.0 Å². The highest BCUT2D eigenvalue weighted by atomic mass is 32.1. The fraction of sp³-hybridized carbons (Fsp3) is 0.300. The maximum Gasteiger partial charge on any atom is 0.141 e. The van der Waals surface area contributed by atoms with Gasteiger partial charge in [-0.3, -0.25) is 0 Å². The molecule has 0 fully saturated rings. The lowest BCUT2D eigenvalue weighted by molar-refractivity contribution is 0.373. The zero-order valence-electron chi connectivity index (χ0n) is 15.6. The van der Waals surface area contributed by atoms with E-state index in [-0.39, 0.29) is 0 Å². The molecule has 0 bridgehead atoms. The molecule has 3 heterocycles. The van der Waals surface area contributed by atoms with Crippen LogP contribution in [-0.2, 0) is 0 Å². The lowest BCUT2D eigenvalue weighted by atomic mass is 9.97. The van der Waals surface area contributed by atoms with E-state index < -0.39 is 0 Å². The van der Waals surface area contributed by atoms with Crippen molar-refractivity contribution < 1.29 is 14.2 Å². The summed E-state index contributed by atoms with van der Waals surface area (Å²) < 4.78 is 16.6. The van der Waals surface area contributed by atoms with E-state index in [1.807, 2.05) is 12.1 Å². The van der Waals surface area contributed by atoms with Gasteiger partial charge in [0, 0.05) is 25.2 Å². The molecule has 0 unspecified atom stereocenters. The Balaban J connectivity index is 1.67. The second kappa shape index (κ2) is 7.44. The number of anilines is 1. The maximum absolute atomic E-state index is 5.61. The maximum atomic E-state index is 5.61. The van der Waals surface area contributed by atoms with Crippen molar-refractivity contribution in [1.29, 1.82) is 0 Å². The molecule has 0 saturated heterocycles. The van der Waals surface area contributed by atoms with E-state index in [0.29, 0.717) is 5.75 Å². The third kappa shape index (κ3) is 3.19. The first-order valence-corrected chi connectivity index (χ1v) is 9.55. The van der Waals surface area contributed by atoms with Gasteiger partial charge >= 0.3 is 0 Å². The molecule has 1 aromatic carbocycles. The molecular formula is C20H21N3O3S. The number of hydrogen-bond acceptors (Lipinski definition) is 7. The van der Waals surface area contributed by atoms with Gasteiger partial charge < -0.3 is 19.1 Å². The van der Waals surface area contributed by atoms with Crippen LogP contribution in [0.5, 0.6) is 17.2 Å². The minimum atomic E-state index is 0.714. The molecule has 2 aromatic heterocycles. The van der Waals surface area contributed by atoms with Gasteiger partial charge in [-0.15, -0.1) is 11.3 Å². The van der Waals surface area contributed by atoms with Crippen molar-refractivity contribution >= 4 is 32.9 Å². The smallest absolute Gasteiger partial charge is 0.141 e. The lowest BCUT2D eigenvalue weighted by Crippen LogP contribution is -2.29. The van der Waals surface area contributed by atoms with Crippen LogP contribution in [0.25, 0.3) is 15.8 Å². The Labute approximate surface area is 162 Å². The van der Waals surface area contributed by atoms with Crippen molar-refractivity contribution in [2.24, 2.45) is 0 Å². The van der Waals surface area contributed by atoms with Gasteiger partial charge in [0.1, 0.15) is 34.2 Å². The largest absolute Gasteiger partial charge is 0.496 e. The van der Waals surface area contributed by atoms with Crippen molar-refractivity contribution in [2.45, 2.75) is 6.42 Å². The van der Waals surface area contributed by atoms with Gasteiger partial charge in [0.25, 0.3) is 0 Å². The van der Waals surface area contributed by atoms with Crippen LogP contribution in [0.3, 0.4) is 0 Å². The van der Waals surface area contributed by atoms with Gasteiger partial charge in [-0.1, -0.05) is 6.08 Å². The molecule has 7 heteroatoms. The number of rotatable bonds is 5. The average Bonchev–Trinajstić information content (AvgIpc) is 3.21. The van der Waals surface area contributed by atoms with E-state index in [1.54, 1.807) is 39.0 Å². The molecule has 140 valence electrons. The molecule has 27 heavy (non-hydrogen) atoms. The first-order valence-electron chi connectivity index (χ1n) is 8.67. The first-order chi connectivity index (χ1) is 13.2. The van der Waals surface area contributed by atoms with Crippen LogP contribution in [0, 0.1) is 0 Å². The molecular weight excluding hydrogens is 362 g/mol. The van der Waals surface area contributed by atoms with Crippen molar-refractivity contribution in [3.63, 3.8) is 0 Å². The van der Waals surface area contributed by atoms with Crippen molar-refractivity contribution in [3.8, 4) is 17.2 Å². The molecule has 0 spiro atoms. The Morgan fingerprint density at radius 1 is 1.04 bits per heavy atom. The highest BCUT2D eigenvalue weighted by Crippen LogP contribution is 2.41. The zero-order valence-corrected chi connectivity index (χ0v) is 16.4. The summed E-state index contributed by atoms with van der Waals surface area (Å²) in [5, 5.41) is 3.17. The normalized spacial score (nSPS) is 14.2. The molecule has 1 aliphatic rings. The Morgan fingerprint density at radius 2 is 1.81 bits per heavy atom. The summed E-state index contributed by atoms with van der Waals surface area (Å²) >= 11 is 1.64. The fourth-order valence-corrected chi connectivity index (χ4v) is 4.17. The van der Waals surface area contributed by atoms with Gasteiger partial charge in [-0.05, 0) is 23.4 Å². The van der Waals surface area contributed by atoms with E-state index in [9.17, 15) is 0 Å². The van der Waals surface area contributed by atoms with E-state index >= 15 is 0 Å². The highest BCUT2D eigenvalue weighted by molar-refractivity contribution is 7.16. The SMILES string of the molecule is COc1cc(OC)c(C2=CCN(c3ncnc4sccc34)CC2)c(OC)c1. The minimum absolute atomic E-state index is 0.714. The minimum Gasteiger partial charge on any atom is -0.496 e. The topological polar surface area (TPSA) is 56.7 Å². The number of benzene rings is 1.